The van der Waals surface area contributed by atoms with E-state index in [9.17, 15) is 13.2 Å². The highest BCUT2D eigenvalue weighted by molar-refractivity contribution is 7.90. The minimum absolute atomic E-state index is 0.110. The predicted molar refractivity (Wildman–Crippen MR) is 118 cm³/mol. The molecule has 5 nitrogen and oxygen atoms in total. The van der Waals surface area contributed by atoms with E-state index in [1.807, 2.05) is 35.2 Å². The molecule has 30 heavy (non-hydrogen) atoms. The maximum atomic E-state index is 13.1. The van der Waals surface area contributed by atoms with Gasteiger partial charge in [0.1, 0.15) is 5.69 Å². The number of benzene rings is 2. The zero-order valence-corrected chi connectivity index (χ0v) is 17.8. The van der Waals surface area contributed by atoms with Gasteiger partial charge in [0.2, 0.25) is 0 Å². The summed E-state index contributed by atoms with van der Waals surface area (Å²) >= 11 is 0. The van der Waals surface area contributed by atoms with Gasteiger partial charge in [0, 0.05) is 18.5 Å². The molecule has 1 aliphatic rings. The van der Waals surface area contributed by atoms with E-state index in [2.05, 4.69) is 4.98 Å². The highest BCUT2D eigenvalue weighted by Crippen LogP contribution is 2.25. The van der Waals surface area contributed by atoms with Crippen LogP contribution in [0.1, 0.15) is 48.3 Å². The Bertz CT molecular complexity index is 1140. The highest BCUT2D eigenvalue weighted by Gasteiger charge is 2.22. The van der Waals surface area contributed by atoms with Gasteiger partial charge in [-0.05, 0) is 36.4 Å². The van der Waals surface area contributed by atoms with Gasteiger partial charge in [0.25, 0.3) is 5.91 Å². The number of hydrogen-bond acceptors (Lipinski definition) is 4. The van der Waals surface area contributed by atoms with E-state index in [1.165, 1.54) is 6.42 Å². The van der Waals surface area contributed by atoms with E-state index in [4.69, 9.17) is 0 Å². The molecular formula is C24H26N2O3S. The normalized spacial score (nSPS) is 15.5. The van der Waals surface area contributed by atoms with E-state index < -0.39 is 9.84 Å². The number of pyridine rings is 1. The molecule has 0 bridgehead atoms. The highest BCUT2D eigenvalue weighted by atomic mass is 32.2. The van der Waals surface area contributed by atoms with Crippen LogP contribution in [0.25, 0.3) is 10.8 Å². The first-order valence-electron chi connectivity index (χ1n) is 10.5. The standard InChI is InChI=1S/C24H26N2O3S/c27-24(26-16-6-2-1-3-7-17-26)22-14-9-12-20(25-22)18-30(28,29)23-15-8-11-19-10-4-5-13-21(19)23/h4-5,8-15H,1-3,6-7,16-18H2. The van der Waals surface area contributed by atoms with Gasteiger partial charge in [0.05, 0.1) is 16.3 Å². The SMILES string of the molecule is O=C(c1cccc(CS(=O)(=O)c2cccc3ccccc23)n1)N1CCCCCCC1. The second-order valence-electron chi connectivity index (χ2n) is 7.81. The third-order valence-corrected chi connectivity index (χ3v) is 7.29. The van der Waals surface area contributed by atoms with Gasteiger partial charge < -0.3 is 4.90 Å². The van der Waals surface area contributed by atoms with Crippen molar-refractivity contribution in [1.29, 1.82) is 0 Å². The Labute approximate surface area is 177 Å². The quantitative estimate of drug-likeness (QED) is 0.615. The van der Waals surface area contributed by atoms with Crippen molar-refractivity contribution in [2.75, 3.05) is 13.1 Å². The number of sulfone groups is 1. The Morgan fingerprint density at radius 2 is 1.50 bits per heavy atom. The summed E-state index contributed by atoms with van der Waals surface area (Å²) in [7, 11) is -3.61. The van der Waals surface area contributed by atoms with E-state index in [0.29, 0.717) is 21.7 Å². The van der Waals surface area contributed by atoms with Crippen molar-refractivity contribution in [1.82, 2.24) is 9.88 Å². The molecule has 0 unspecified atom stereocenters. The Kier molecular flexibility index (Phi) is 6.13. The summed E-state index contributed by atoms with van der Waals surface area (Å²) in [6.45, 7) is 1.47. The van der Waals surface area contributed by atoms with Crippen LogP contribution in [0.5, 0.6) is 0 Å². The average Bonchev–Trinajstić information content (AvgIpc) is 2.72. The maximum absolute atomic E-state index is 13.1. The predicted octanol–water partition coefficient (Wildman–Crippen LogP) is 4.62. The molecule has 1 aliphatic heterocycles. The zero-order valence-electron chi connectivity index (χ0n) is 17.0. The zero-order chi connectivity index (χ0) is 21.0. The van der Waals surface area contributed by atoms with Crippen molar-refractivity contribution in [2.24, 2.45) is 0 Å². The minimum Gasteiger partial charge on any atom is -0.337 e. The molecule has 1 aromatic heterocycles. The van der Waals surface area contributed by atoms with Gasteiger partial charge in [-0.3, -0.25) is 4.79 Å². The van der Waals surface area contributed by atoms with Crippen molar-refractivity contribution < 1.29 is 13.2 Å². The Morgan fingerprint density at radius 3 is 2.30 bits per heavy atom. The number of likely N-dealkylation sites (tertiary alicyclic amines) is 1. The van der Waals surface area contributed by atoms with E-state index in [0.717, 1.165) is 44.2 Å². The summed E-state index contributed by atoms with van der Waals surface area (Å²) in [5.74, 6) is -0.344. The largest absolute Gasteiger partial charge is 0.337 e. The number of rotatable bonds is 4. The number of aromatic nitrogens is 1. The van der Waals surface area contributed by atoms with Crippen molar-refractivity contribution in [3.05, 3.63) is 72.1 Å². The van der Waals surface area contributed by atoms with Crippen LogP contribution in [0.2, 0.25) is 0 Å². The molecule has 3 aromatic rings. The average molecular weight is 423 g/mol. The third kappa shape index (κ3) is 4.54. The maximum Gasteiger partial charge on any atom is 0.272 e. The van der Waals surface area contributed by atoms with Crippen LogP contribution in [-0.4, -0.2) is 37.3 Å². The molecular weight excluding hydrogens is 396 g/mol. The molecule has 1 amide bonds. The first-order valence-corrected chi connectivity index (χ1v) is 12.2. The summed E-state index contributed by atoms with van der Waals surface area (Å²) < 4.78 is 26.3. The topological polar surface area (TPSA) is 67.3 Å². The summed E-state index contributed by atoms with van der Waals surface area (Å²) in [5, 5.41) is 1.58. The molecule has 0 radical (unpaired) electrons. The number of carbonyl (C=O) groups is 1. The van der Waals surface area contributed by atoms with Crippen molar-refractivity contribution in [3.8, 4) is 0 Å². The fourth-order valence-corrected chi connectivity index (χ4v) is 5.54. The lowest BCUT2D eigenvalue weighted by Crippen LogP contribution is -2.34. The molecule has 156 valence electrons. The lowest BCUT2D eigenvalue weighted by atomic mass is 10.1. The van der Waals surface area contributed by atoms with Crippen LogP contribution >= 0.6 is 0 Å². The van der Waals surface area contributed by atoms with Crippen LogP contribution < -0.4 is 0 Å². The molecule has 0 aliphatic carbocycles. The summed E-state index contributed by atoms with van der Waals surface area (Å²) in [4.78, 5) is 19.5. The van der Waals surface area contributed by atoms with Crippen LogP contribution in [0.4, 0.5) is 0 Å². The second-order valence-corrected chi connectivity index (χ2v) is 9.77. The van der Waals surface area contributed by atoms with Crippen LogP contribution in [0, 0.1) is 0 Å². The third-order valence-electron chi connectivity index (χ3n) is 5.59. The van der Waals surface area contributed by atoms with Gasteiger partial charge in [-0.15, -0.1) is 0 Å². The van der Waals surface area contributed by atoms with Gasteiger partial charge >= 0.3 is 0 Å². The number of carbonyl (C=O) groups excluding carboxylic acids is 1. The van der Waals surface area contributed by atoms with Gasteiger partial charge in [0.15, 0.2) is 9.84 Å². The smallest absolute Gasteiger partial charge is 0.272 e. The van der Waals surface area contributed by atoms with Crippen LogP contribution in [0.3, 0.4) is 0 Å². The lowest BCUT2D eigenvalue weighted by Gasteiger charge is -2.24. The van der Waals surface area contributed by atoms with Gasteiger partial charge in [-0.2, -0.15) is 0 Å². The van der Waals surface area contributed by atoms with E-state index in [-0.39, 0.29) is 11.7 Å². The number of nitrogens with zero attached hydrogens (tertiary/aromatic N) is 2. The monoisotopic (exact) mass is 422 g/mol. The number of hydrogen-bond donors (Lipinski definition) is 0. The van der Waals surface area contributed by atoms with Crippen molar-refractivity contribution in [3.63, 3.8) is 0 Å². The summed E-state index contributed by atoms with van der Waals surface area (Å²) in [5.41, 5.74) is 0.710. The van der Waals surface area contributed by atoms with Crippen LogP contribution in [0.15, 0.2) is 65.6 Å². The Balaban J connectivity index is 1.58. The second kappa shape index (κ2) is 8.96. The van der Waals surface area contributed by atoms with E-state index in [1.54, 1.807) is 30.3 Å². The molecule has 2 aromatic carbocycles. The van der Waals surface area contributed by atoms with Crippen molar-refractivity contribution in [2.45, 2.75) is 42.8 Å². The summed E-state index contributed by atoms with van der Waals surface area (Å²) in [6.07, 6.45) is 5.50. The Morgan fingerprint density at radius 1 is 0.833 bits per heavy atom. The molecule has 0 saturated carbocycles. The summed E-state index contributed by atoms with van der Waals surface area (Å²) in [6, 6.07) is 17.8. The molecule has 2 heterocycles. The number of fused-ring (bicyclic) bond motifs is 1. The van der Waals surface area contributed by atoms with Gasteiger partial charge in [-0.1, -0.05) is 61.7 Å². The lowest BCUT2D eigenvalue weighted by molar-refractivity contribution is 0.0736. The molecule has 0 spiro atoms. The molecule has 1 fully saturated rings. The molecule has 1 saturated heterocycles. The molecule has 6 heteroatoms. The minimum atomic E-state index is -3.61. The fourth-order valence-electron chi connectivity index (χ4n) is 4.03. The first kappa shape index (κ1) is 20.5. The van der Waals surface area contributed by atoms with Crippen LogP contribution in [-0.2, 0) is 15.6 Å². The molecule has 4 rings (SSSR count). The van der Waals surface area contributed by atoms with E-state index >= 15 is 0 Å². The van der Waals surface area contributed by atoms with Gasteiger partial charge in [-0.25, -0.2) is 13.4 Å². The number of amides is 1. The van der Waals surface area contributed by atoms with Crippen molar-refractivity contribution >= 4 is 26.5 Å². The first-order chi connectivity index (χ1) is 14.5. The molecule has 0 N–H and O–H groups in total. The Hall–Kier alpha value is -2.73. The molecule has 0 atom stereocenters. The fraction of sp³-hybridized carbons (Fsp3) is 0.333.